The van der Waals surface area contributed by atoms with Gasteiger partial charge in [-0.05, 0) is 35.8 Å². The van der Waals surface area contributed by atoms with Crippen molar-refractivity contribution in [2.24, 2.45) is 5.92 Å². The molecular formula is C25H23F2NO5. The first-order valence-corrected chi connectivity index (χ1v) is 10.9. The maximum absolute atomic E-state index is 14.5. The van der Waals surface area contributed by atoms with Crippen molar-refractivity contribution in [1.82, 2.24) is 4.90 Å². The Hall–Kier alpha value is -3.26. The number of fused-ring (bicyclic) bond motifs is 1. The summed E-state index contributed by atoms with van der Waals surface area (Å²) in [5.41, 5.74) is 2.33. The molecule has 0 aliphatic carbocycles. The lowest BCUT2D eigenvalue weighted by atomic mass is 9.97. The average molecular weight is 455 g/mol. The van der Waals surface area contributed by atoms with Crippen LogP contribution in [0, 0.1) is 17.6 Å². The van der Waals surface area contributed by atoms with Crippen LogP contribution in [0.2, 0.25) is 0 Å². The summed E-state index contributed by atoms with van der Waals surface area (Å²) in [5, 5.41) is 0. The minimum Gasteiger partial charge on any atom is -0.490 e. The Labute approximate surface area is 189 Å². The Morgan fingerprint density at radius 2 is 2.00 bits per heavy atom. The molecule has 172 valence electrons. The minimum atomic E-state index is -0.672. The highest BCUT2D eigenvalue weighted by Crippen LogP contribution is 2.30. The number of benzene rings is 2. The van der Waals surface area contributed by atoms with E-state index >= 15 is 0 Å². The van der Waals surface area contributed by atoms with Crippen molar-refractivity contribution < 1.29 is 32.6 Å². The lowest BCUT2D eigenvalue weighted by molar-refractivity contribution is -0.121. The van der Waals surface area contributed by atoms with Gasteiger partial charge in [0.05, 0.1) is 25.4 Å². The van der Waals surface area contributed by atoms with Crippen molar-refractivity contribution in [3.8, 4) is 11.5 Å². The van der Waals surface area contributed by atoms with Gasteiger partial charge in [0.25, 0.3) is 5.91 Å². The standard InChI is InChI=1S/C25H23F2NO5/c26-21-10-24-18(7-19(29)14-33-24)8-20(21)25(30)28-11-15(12-28)13-32-23-2-1-17(9-22(23)27)16-3-5-31-6-4-16/h1-3,8-10,15H,4-7,11-14H2. The monoisotopic (exact) mass is 455 g/mol. The summed E-state index contributed by atoms with van der Waals surface area (Å²) in [4.78, 5) is 25.8. The SMILES string of the molecule is O=C1COc2cc(F)c(C(=O)N3CC(COc4ccc(C5=CCOCC5)cc4F)C3)cc2C1. The normalized spacial score (nSPS) is 18.2. The van der Waals surface area contributed by atoms with E-state index in [0.29, 0.717) is 37.6 Å². The zero-order valence-corrected chi connectivity index (χ0v) is 17.9. The number of nitrogens with zero attached hydrogens (tertiary/aromatic N) is 1. The highest BCUT2D eigenvalue weighted by molar-refractivity contribution is 5.96. The maximum atomic E-state index is 14.5. The van der Waals surface area contributed by atoms with Crippen molar-refractivity contribution in [3.05, 3.63) is 64.7 Å². The predicted octanol–water partition coefficient (Wildman–Crippen LogP) is 3.42. The molecular weight excluding hydrogens is 432 g/mol. The molecule has 2 aromatic rings. The van der Waals surface area contributed by atoms with Crippen LogP contribution in [0.5, 0.6) is 11.5 Å². The zero-order valence-electron chi connectivity index (χ0n) is 17.9. The Balaban J connectivity index is 1.16. The molecule has 0 radical (unpaired) electrons. The third-order valence-corrected chi connectivity index (χ3v) is 6.14. The topological polar surface area (TPSA) is 65.1 Å². The number of halogens is 2. The van der Waals surface area contributed by atoms with E-state index in [0.717, 1.165) is 23.6 Å². The molecule has 5 rings (SSSR count). The van der Waals surface area contributed by atoms with Crippen LogP contribution >= 0.6 is 0 Å². The summed E-state index contributed by atoms with van der Waals surface area (Å²) in [5.74, 6) is -1.16. The van der Waals surface area contributed by atoms with Gasteiger partial charge in [-0.15, -0.1) is 0 Å². The van der Waals surface area contributed by atoms with E-state index in [9.17, 15) is 18.4 Å². The van der Waals surface area contributed by atoms with E-state index in [1.165, 1.54) is 17.0 Å². The second-order valence-electron chi connectivity index (χ2n) is 8.53. The Bertz CT molecular complexity index is 1140. The molecule has 6 nitrogen and oxygen atoms in total. The van der Waals surface area contributed by atoms with Crippen LogP contribution in [0.4, 0.5) is 8.78 Å². The molecule has 2 aromatic carbocycles. The third kappa shape index (κ3) is 4.48. The van der Waals surface area contributed by atoms with Gasteiger partial charge >= 0.3 is 0 Å². The third-order valence-electron chi connectivity index (χ3n) is 6.14. The minimum absolute atomic E-state index is 0.0248. The fourth-order valence-corrected chi connectivity index (χ4v) is 4.28. The number of likely N-dealkylation sites (tertiary alicyclic amines) is 1. The fraction of sp³-hybridized carbons (Fsp3) is 0.360. The molecule has 3 aliphatic heterocycles. The number of ketones is 1. The summed E-state index contributed by atoms with van der Waals surface area (Å²) in [6, 6.07) is 7.49. The molecule has 1 fully saturated rings. The molecule has 1 saturated heterocycles. The Kier molecular flexibility index (Phi) is 5.85. The molecule has 0 unspecified atom stereocenters. The van der Waals surface area contributed by atoms with Gasteiger partial charge in [-0.2, -0.15) is 0 Å². The first-order valence-electron chi connectivity index (χ1n) is 10.9. The van der Waals surface area contributed by atoms with Crippen LogP contribution in [0.1, 0.15) is 27.9 Å². The van der Waals surface area contributed by atoms with Crippen LogP contribution in [0.3, 0.4) is 0 Å². The fourth-order valence-electron chi connectivity index (χ4n) is 4.28. The smallest absolute Gasteiger partial charge is 0.256 e. The van der Waals surface area contributed by atoms with E-state index in [-0.39, 0.29) is 42.6 Å². The van der Waals surface area contributed by atoms with Gasteiger partial charge in [0.2, 0.25) is 0 Å². The number of carbonyl (C=O) groups excluding carboxylic acids is 2. The molecule has 0 saturated carbocycles. The summed E-state index contributed by atoms with van der Waals surface area (Å²) < 4.78 is 45.1. The van der Waals surface area contributed by atoms with Gasteiger partial charge in [-0.1, -0.05) is 12.1 Å². The van der Waals surface area contributed by atoms with Gasteiger partial charge in [-0.3, -0.25) is 9.59 Å². The van der Waals surface area contributed by atoms with Gasteiger partial charge in [-0.25, -0.2) is 8.78 Å². The summed E-state index contributed by atoms with van der Waals surface area (Å²) in [7, 11) is 0. The van der Waals surface area contributed by atoms with Crippen LogP contribution in [-0.2, 0) is 16.0 Å². The number of carbonyl (C=O) groups is 2. The van der Waals surface area contributed by atoms with Crippen LogP contribution in [0.15, 0.2) is 36.4 Å². The van der Waals surface area contributed by atoms with Gasteiger partial charge < -0.3 is 19.1 Å². The molecule has 3 aliphatic rings. The van der Waals surface area contributed by atoms with Crippen molar-refractivity contribution >= 4 is 17.3 Å². The van der Waals surface area contributed by atoms with Crippen LogP contribution in [0.25, 0.3) is 5.57 Å². The highest BCUT2D eigenvalue weighted by atomic mass is 19.1. The molecule has 3 heterocycles. The van der Waals surface area contributed by atoms with Crippen molar-refractivity contribution in [2.75, 3.05) is 39.5 Å². The van der Waals surface area contributed by atoms with Crippen molar-refractivity contribution in [1.29, 1.82) is 0 Å². The molecule has 8 heteroatoms. The molecule has 0 spiro atoms. The molecule has 1 amide bonds. The summed E-state index contributed by atoms with van der Waals surface area (Å²) >= 11 is 0. The molecule has 0 N–H and O–H groups in total. The first kappa shape index (κ1) is 21.6. The maximum Gasteiger partial charge on any atom is 0.256 e. The average Bonchev–Trinajstić information content (AvgIpc) is 2.79. The van der Waals surface area contributed by atoms with Gasteiger partial charge in [0.15, 0.2) is 17.3 Å². The van der Waals surface area contributed by atoms with Gasteiger partial charge in [0, 0.05) is 37.1 Å². The quantitative estimate of drug-likeness (QED) is 0.691. The van der Waals surface area contributed by atoms with Crippen molar-refractivity contribution in [2.45, 2.75) is 12.8 Å². The zero-order chi connectivity index (χ0) is 22.9. The second-order valence-corrected chi connectivity index (χ2v) is 8.53. The Morgan fingerprint density at radius 1 is 1.15 bits per heavy atom. The Morgan fingerprint density at radius 3 is 2.76 bits per heavy atom. The van der Waals surface area contributed by atoms with Crippen molar-refractivity contribution in [3.63, 3.8) is 0 Å². The van der Waals surface area contributed by atoms with E-state index in [1.54, 1.807) is 6.07 Å². The lowest BCUT2D eigenvalue weighted by Crippen LogP contribution is -2.52. The first-order chi connectivity index (χ1) is 16.0. The van der Waals surface area contributed by atoms with E-state index in [1.807, 2.05) is 12.1 Å². The van der Waals surface area contributed by atoms with Crippen LogP contribution in [-0.4, -0.2) is 56.1 Å². The summed E-state index contributed by atoms with van der Waals surface area (Å²) in [6.07, 6.45) is 2.83. The van der Waals surface area contributed by atoms with E-state index in [4.69, 9.17) is 14.2 Å². The van der Waals surface area contributed by atoms with E-state index < -0.39 is 17.5 Å². The summed E-state index contributed by atoms with van der Waals surface area (Å²) in [6.45, 7) is 2.11. The van der Waals surface area contributed by atoms with Gasteiger partial charge in [0.1, 0.15) is 18.2 Å². The highest BCUT2D eigenvalue weighted by Gasteiger charge is 2.34. The number of hydrogen-bond donors (Lipinski definition) is 0. The second kappa shape index (κ2) is 8.94. The molecule has 0 bridgehead atoms. The number of ether oxygens (including phenoxy) is 3. The molecule has 0 atom stereocenters. The lowest BCUT2D eigenvalue weighted by Gasteiger charge is -2.39. The number of Topliss-reactive ketones (excluding diaryl/α,β-unsaturated/α-hetero) is 1. The van der Waals surface area contributed by atoms with E-state index in [2.05, 4.69) is 0 Å². The number of amides is 1. The largest absolute Gasteiger partial charge is 0.490 e. The predicted molar refractivity (Wildman–Crippen MR) is 115 cm³/mol. The number of rotatable bonds is 5. The molecule has 33 heavy (non-hydrogen) atoms. The molecule has 0 aromatic heterocycles. The van der Waals surface area contributed by atoms with Crippen LogP contribution < -0.4 is 9.47 Å². The number of hydrogen-bond acceptors (Lipinski definition) is 5.